The molecule has 7 nitrogen and oxygen atoms in total. The third kappa shape index (κ3) is 4.47. The van der Waals surface area contributed by atoms with Gasteiger partial charge in [-0.25, -0.2) is 22.8 Å². The van der Waals surface area contributed by atoms with Gasteiger partial charge in [0.15, 0.2) is 11.6 Å². The first-order valence-corrected chi connectivity index (χ1v) is 11.0. The number of carbonyl (C=O) groups excluding carboxylic acids is 2. The van der Waals surface area contributed by atoms with E-state index in [1.54, 1.807) is 24.3 Å². The zero-order valence-corrected chi connectivity index (χ0v) is 19.8. The van der Waals surface area contributed by atoms with Crippen molar-refractivity contribution in [3.63, 3.8) is 0 Å². The molecule has 4 aromatic rings. The van der Waals surface area contributed by atoms with E-state index in [2.05, 4.69) is 5.32 Å². The van der Waals surface area contributed by atoms with Gasteiger partial charge in [-0.1, -0.05) is 29.8 Å². The van der Waals surface area contributed by atoms with E-state index in [1.165, 1.54) is 29.8 Å². The molecule has 0 aliphatic heterocycles. The molecule has 1 atom stereocenters. The van der Waals surface area contributed by atoms with Gasteiger partial charge in [-0.15, -0.1) is 0 Å². The smallest absolute Gasteiger partial charge is 0.333 e. The van der Waals surface area contributed by atoms with Crippen molar-refractivity contribution in [2.45, 2.75) is 12.5 Å². The molecule has 0 radical (unpaired) electrons. The monoisotopic (exact) mass is 517 g/mol. The molecule has 0 spiro atoms. The van der Waals surface area contributed by atoms with E-state index in [0.29, 0.717) is 11.3 Å². The highest BCUT2D eigenvalue weighted by molar-refractivity contribution is 6.33. The van der Waals surface area contributed by atoms with Crippen LogP contribution < -0.4 is 11.0 Å². The van der Waals surface area contributed by atoms with Crippen molar-refractivity contribution in [1.29, 1.82) is 0 Å². The van der Waals surface area contributed by atoms with Crippen molar-refractivity contribution in [3.05, 3.63) is 98.7 Å². The normalized spacial score (nSPS) is 11.9. The lowest BCUT2D eigenvalue weighted by Crippen LogP contribution is -2.43. The number of fused-ring (bicyclic) bond motifs is 1. The Kier molecular flexibility index (Phi) is 6.89. The summed E-state index contributed by atoms with van der Waals surface area (Å²) < 4.78 is 49.1. The van der Waals surface area contributed by atoms with Gasteiger partial charge in [0.25, 0.3) is 5.91 Å². The highest BCUT2D eigenvalue weighted by Crippen LogP contribution is 2.23. The number of aryl methyl sites for hydroxylation is 1. The number of ether oxygens (including phenoxy) is 1. The van der Waals surface area contributed by atoms with Gasteiger partial charge in [0.05, 0.1) is 28.9 Å². The van der Waals surface area contributed by atoms with E-state index in [4.69, 9.17) is 16.3 Å². The summed E-state index contributed by atoms with van der Waals surface area (Å²) in [6.07, 6.45) is -0.0188. The summed E-state index contributed by atoms with van der Waals surface area (Å²) in [6, 6.07) is 11.2. The lowest BCUT2D eigenvalue weighted by Gasteiger charge is -2.17. The number of amides is 1. The van der Waals surface area contributed by atoms with Gasteiger partial charge in [-0.3, -0.25) is 13.9 Å². The Morgan fingerprint density at radius 1 is 1.03 bits per heavy atom. The summed E-state index contributed by atoms with van der Waals surface area (Å²) in [7, 11) is 2.49. The Balaban J connectivity index is 1.63. The molecule has 4 rings (SSSR count). The predicted molar refractivity (Wildman–Crippen MR) is 127 cm³/mol. The highest BCUT2D eigenvalue weighted by atomic mass is 35.5. The molecule has 186 valence electrons. The first kappa shape index (κ1) is 25.1. The van der Waals surface area contributed by atoms with Crippen LogP contribution >= 0.6 is 11.6 Å². The molecule has 36 heavy (non-hydrogen) atoms. The second kappa shape index (κ2) is 9.90. The van der Waals surface area contributed by atoms with Gasteiger partial charge in [0.1, 0.15) is 17.4 Å². The minimum Gasteiger partial charge on any atom is -0.467 e. The van der Waals surface area contributed by atoms with E-state index < -0.39 is 46.6 Å². The van der Waals surface area contributed by atoms with Crippen LogP contribution in [-0.2, 0) is 23.0 Å². The van der Waals surface area contributed by atoms with E-state index in [0.717, 1.165) is 23.8 Å². The molecule has 1 heterocycles. The molecule has 0 aliphatic carbocycles. The fourth-order valence-electron chi connectivity index (χ4n) is 3.92. The van der Waals surface area contributed by atoms with Crippen LogP contribution in [0.2, 0.25) is 5.02 Å². The Bertz CT molecular complexity index is 1530. The van der Waals surface area contributed by atoms with Crippen molar-refractivity contribution < 1.29 is 27.5 Å². The second-order valence-electron chi connectivity index (χ2n) is 7.92. The third-order valence-corrected chi connectivity index (χ3v) is 6.03. The minimum atomic E-state index is -1.17. The number of imidazole rings is 1. The number of nitrogens with one attached hydrogen (secondary N) is 1. The largest absolute Gasteiger partial charge is 0.467 e. The first-order valence-electron chi connectivity index (χ1n) is 10.6. The quantitative estimate of drug-likeness (QED) is 0.393. The van der Waals surface area contributed by atoms with Crippen LogP contribution in [0.4, 0.5) is 13.2 Å². The average molecular weight is 518 g/mol. The molecule has 1 N–H and O–H groups in total. The Morgan fingerprint density at radius 3 is 2.36 bits per heavy atom. The third-order valence-electron chi connectivity index (χ3n) is 5.72. The Morgan fingerprint density at radius 2 is 1.72 bits per heavy atom. The van der Waals surface area contributed by atoms with E-state index >= 15 is 0 Å². The molecule has 1 amide bonds. The number of hydrogen-bond acceptors (Lipinski definition) is 4. The van der Waals surface area contributed by atoms with Crippen molar-refractivity contribution >= 4 is 34.5 Å². The molecule has 3 aromatic carbocycles. The number of rotatable bonds is 6. The average Bonchev–Trinajstić information content (AvgIpc) is 3.11. The molecule has 0 saturated carbocycles. The molecule has 0 unspecified atom stereocenters. The number of methoxy groups -OCH3 is 1. The number of esters is 1. The summed E-state index contributed by atoms with van der Waals surface area (Å²) in [5.74, 6) is -4.69. The Labute approximate surface area is 207 Å². The van der Waals surface area contributed by atoms with Crippen LogP contribution in [0.3, 0.4) is 0 Å². The second-order valence-corrected chi connectivity index (χ2v) is 8.33. The van der Waals surface area contributed by atoms with Crippen LogP contribution in [0.5, 0.6) is 0 Å². The maximum Gasteiger partial charge on any atom is 0.333 e. The number of benzene rings is 3. The van der Waals surface area contributed by atoms with Gasteiger partial charge in [0, 0.05) is 13.5 Å². The zero-order valence-electron chi connectivity index (χ0n) is 19.0. The number of nitrogens with zero attached hydrogens (tertiary/aromatic N) is 2. The molecule has 11 heteroatoms. The summed E-state index contributed by atoms with van der Waals surface area (Å²) in [6.45, 7) is 0. The van der Waals surface area contributed by atoms with Crippen LogP contribution in [0.15, 0.2) is 59.4 Å². The highest BCUT2D eigenvalue weighted by Gasteiger charge is 2.25. The fourth-order valence-corrected chi connectivity index (χ4v) is 4.17. The SMILES string of the molecule is COC(=O)[C@H](Cc1ccc(-n2c(=O)n(C)c3c(F)c(F)ccc32)cc1)NC(=O)c1c(F)cccc1Cl. The molecular formula is C25H19ClF3N3O4. The van der Waals surface area contributed by atoms with Crippen molar-refractivity contribution in [2.24, 2.45) is 7.05 Å². The van der Waals surface area contributed by atoms with Crippen molar-refractivity contribution in [3.8, 4) is 5.69 Å². The van der Waals surface area contributed by atoms with Crippen LogP contribution in [0.1, 0.15) is 15.9 Å². The topological polar surface area (TPSA) is 82.3 Å². The Hall–Kier alpha value is -4.05. The molecule has 1 aromatic heterocycles. The van der Waals surface area contributed by atoms with Crippen LogP contribution in [-0.4, -0.2) is 34.2 Å². The maximum atomic E-state index is 14.3. The summed E-state index contributed by atoms with van der Waals surface area (Å²) in [5.41, 5.74) is -0.0390. The molecule has 0 bridgehead atoms. The number of aromatic nitrogens is 2. The summed E-state index contributed by atoms with van der Waals surface area (Å²) in [5, 5.41) is 2.32. The van der Waals surface area contributed by atoms with Crippen LogP contribution in [0.25, 0.3) is 16.7 Å². The van der Waals surface area contributed by atoms with Gasteiger partial charge >= 0.3 is 11.7 Å². The lowest BCUT2D eigenvalue weighted by molar-refractivity contribution is -0.142. The van der Waals surface area contributed by atoms with E-state index in [9.17, 15) is 27.6 Å². The first-order chi connectivity index (χ1) is 17.1. The molecule has 0 saturated heterocycles. The molecule has 0 fully saturated rings. The number of halogens is 4. The zero-order chi connectivity index (χ0) is 26.1. The standard InChI is InChI=1S/C25H19ClF3N3O4/c1-31-22-19(11-10-17(28)21(22)29)32(25(31)35)14-8-6-13(7-9-14)12-18(24(34)36-2)30-23(33)20-15(26)4-3-5-16(20)27/h3-11,18H,12H2,1-2H3,(H,30,33)/t18-/m0/s1. The van der Waals surface area contributed by atoms with Gasteiger partial charge < -0.3 is 10.1 Å². The van der Waals surface area contributed by atoms with E-state index in [-0.39, 0.29) is 22.5 Å². The van der Waals surface area contributed by atoms with Crippen molar-refractivity contribution in [2.75, 3.05) is 7.11 Å². The van der Waals surface area contributed by atoms with Crippen LogP contribution in [0, 0.1) is 17.5 Å². The summed E-state index contributed by atoms with van der Waals surface area (Å²) in [4.78, 5) is 37.7. The van der Waals surface area contributed by atoms with E-state index in [1.807, 2.05) is 0 Å². The summed E-state index contributed by atoms with van der Waals surface area (Å²) >= 11 is 5.94. The fraction of sp³-hybridized carbons (Fsp3) is 0.160. The van der Waals surface area contributed by atoms with Gasteiger partial charge in [0.2, 0.25) is 0 Å². The predicted octanol–water partition coefficient (Wildman–Crippen LogP) is 3.91. The molecule has 0 aliphatic rings. The van der Waals surface area contributed by atoms with Crippen molar-refractivity contribution in [1.82, 2.24) is 14.5 Å². The number of carbonyl (C=O) groups is 2. The van der Waals surface area contributed by atoms with Gasteiger partial charge in [-0.05, 0) is 42.0 Å². The maximum absolute atomic E-state index is 14.3. The lowest BCUT2D eigenvalue weighted by atomic mass is 10.0. The number of hydrogen-bond donors (Lipinski definition) is 1. The molecular weight excluding hydrogens is 499 g/mol. The van der Waals surface area contributed by atoms with Gasteiger partial charge in [-0.2, -0.15) is 0 Å². The minimum absolute atomic E-state index is 0.0188.